The van der Waals surface area contributed by atoms with E-state index in [1.807, 2.05) is 11.0 Å². The van der Waals surface area contributed by atoms with Crippen LogP contribution in [0.3, 0.4) is 0 Å². The minimum absolute atomic E-state index is 0.122. The average molecular weight is 251 g/mol. The number of hydrogen-bond donors (Lipinski definition) is 2. The number of nitrogens with two attached hydrogens (primary N) is 1. The predicted octanol–water partition coefficient (Wildman–Crippen LogP) is 1.23. The summed E-state index contributed by atoms with van der Waals surface area (Å²) >= 11 is 0. The Kier molecular flexibility index (Phi) is 5.58. The Labute approximate surface area is 108 Å². The van der Waals surface area contributed by atoms with Crippen LogP contribution in [-0.4, -0.2) is 29.1 Å². The predicted molar refractivity (Wildman–Crippen MR) is 71.2 cm³/mol. The van der Waals surface area contributed by atoms with Crippen LogP contribution in [0, 0.1) is 0 Å². The van der Waals surface area contributed by atoms with Gasteiger partial charge in [-0.05, 0) is 19.4 Å². The highest BCUT2D eigenvalue weighted by atomic mass is 16.3. The van der Waals surface area contributed by atoms with Gasteiger partial charge in [0.05, 0.1) is 12.6 Å². The second-order valence-electron chi connectivity index (χ2n) is 4.33. The number of aliphatic hydroxyl groups excluding tert-OH is 1. The maximum absolute atomic E-state index is 11.1. The van der Waals surface area contributed by atoms with Gasteiger partial charge < -0.3 is 15.7 Å². The number of rotatable bonds is 7. The van der Waals surface area contributed by atoms with Gasteiger partial charge in [-0.3, -0.25) is 4.79 Å². The van der Waals surface area contributed by atoms with E-state index in [-0.39, 0.29) is 6.54 Å². The van der Waals surface area contributed by atoms with Gasteiger partial charge in [-0.25, -0.2) is 4.98 Å². The van der Waals surface area contributed by atoms with Crippen molar-refractivity contribution in [3.63, 3.8) is 0 Å². The number of primary amides is 1. The summed E-state index contributed by atoms with van der Waals surface area (Å²) in [6.07, 6.45) is 3.00. The summed E-state index contributed by atoms with van der Waals surface area (Å²) in [5.74, 6) is 0.244. The first-order valence-electron chi connectivity index (χ1n) is 6.22. The lowest BCUT2D eigenvalue weighted by atomic mass is 10.1. The molecule has 1 heterocycles. The van der Waals surface area contributed by atoms with E-state index in [0.29, 0.717) is 12.4 Å². The van der Waals surface area contributed by atoms with Crippen LogP contribution in [0.25, 0.3) is 0 Å². The molecule has 1 aromatic heterocycles. The Morgan fingerprint density at radius 2 is 2.33 bits per heavy atom. The maximum Gasteiger partial charge on any atom is 0.236 e. The molecule has 0 saturated carbocycles. The first kappa shape index (κ1) is 14.4. The van der Waals surface area contributed by atoms with Crippen molar-refractivity contribution in [3.05, 3.63) is 23.9 Å². The third kappa shape index (κ3) is 4.00. The molecule has 0 saturated heterocycles. The molecule has 0 spiro atoms. The van der Waals surface area contributed by atoms with E-state index in [0.717, 1.165) is 18.4 Å². The van der Waals surface area contributed by atoms with Crippen molar-refractivity contribution in [1.29, 1.82) is 0 Å². The zero-order chi connectivity index (χ0) is 13.5. The highest BCUT2D eigenvalue weighted by molar-refractivity contribution is 5.79. The molecule has 0 fully saturated rings. The Balaban J connectivity index is 2.99. The maximum atomic E-state index is 11.1. The fraction of sp³-hybridized carbons (Fsp3) is 0.538. The molecule has 1 rings (SSSR count). The molecule has 18 heavy (non-hydrogen) atoms. The van der Waals surface area contributed by atoms with Gasteiger partial charge in [0, 0.05) is 18.3 Å². The normalized spacial score (nSPS) is 12.2. The zero-order valence-electron chi connectivity index (χ0n) is 11.0. The van der Waals surface area contributed by atoms with Crippen molar-refractivity contribution in [2.45, 2.75) is 32.8 Å². The molecule has 1 aromatic rings. The number of carbonyl (C=O) groups excluding carboxylic acids is 1. The fourth-order valence-corrected chi connectivity index (χ4v) is 1.80. The smallest absolute Gasteiger partial charge is 0.236 e. The number of hydrogen-bond acceptors (Lipinski definition) is 4. The first-order chi connectivity index (χ1) is 8.56. The minimum atomic E-state index is -0.620. The average Bonchev–Trinajstić information content (AvgIpc) is 2.34. The highest BCUT2D eigenvalue weighted by Gasteiger charge is 2.16. The van der Waals surface area contributed by atoms with E-state index < -0.39 is 12.0 Å². The van der Waals surface area contributed by atoms with E-state index in [2.05, 4.69) is 11.9 Å². The molecule has 1 atom stereocenters. The summed E-state index contributed by atoms with van der Waals surface area (Å²) in [5, 5.41) is 9.73. The molecule has 100 valence electrons. The van der Waals surface area contributed by atoms with Crippen molar-refractivity contribution in [2.75, 3.05) is 18.0 Å². The molecule has 0 aromatic carbocycles. The molecule has 0 aliphatic heterocycles. The summed E-state index contributed by atoms with van der Waals surface area (Å²) in [6.45, 7) is 4.59. The van der Waals surface area contributed by atoms with Crippen LogP contribution in [0.1, 0.15) is 38.4 Å². The lowest BCUT2D eigenvalue weighted by Gasteiger charge is -2.25. The number of nitrogens with zero attached hydrogens (tertiary/aromatic N) is 2. The number of pyridine rings is 1. The monoisotopic (exact) mass is 251 g/mol. The molecule has 1 amide bonds. The third-order valence-corrected chi connectivity index (χ3v) is 2.69. The summed E-state index contributed by atoms with van der Waals surface area (Å²) in [4.78, 5) is 17.2. The largest absolute Gasteiger partial charge is 0.389 e. The van der Waals surface area contributed by atoms with Gasteiger partial charge in [-0.1, -0.05) is 19.4 Å². The van der Waals surface area contributed by atoms with Gasteiger partial charge in [0.2, 0.25) is 5.91 Å². The van der Waals surface area contributed by atoms with Gasteiger partial charge in [0.15, 0.2) is 0 Å². The lowest BCUT2D eigenvalue weighted by molar-refractivity contribution is -0.116. The molecule has 0 bridgehead atoms. The second kappa shape index (κ2) is 6.96. The van der Waals surface area contributed by atoms with Gasteiger partial charge in [0.25, 0.3) is 0 Å². The fourth-order valence-electron chi connectivity index (χ4n) is 1.80. The van der Waals surface area contributed by atoms with Crippen LogP contribution in [0.2, 0.25) is 0 Å². The number of aromatic nitrogens is 1. The third-order valence-electron chi connectivity index (χ3n) is 2.69. The van der Waals surface area contributed by atoms with Crippen molar-refractivity contribution in [3.8, 4) is 0 Å². The Hall–Kier alpha value is -1.62. The quantitative estimate of drug-likeness (QED) is 0.763. The van der Waals surface area contributed by atoms with E-state index in [1.54, 1.807) is 19.2 Å². The number of amides is 1. The number of anilines is 1. The van der Waals surface area contributed by atoms with E-state index in [4.69, 9.17) is 5.73 Å². The van der Waals surface area contributed by atoms with Crippen molar-refractivity contribution in [2.24, 2.45) is 5.73 Å². The highest BCUT2D eigenvalue weighted by Crippen LogP contribution is 2.23. The molecule has 0 aliphatic carbocycles. The summed E-state index contributed by atoms with van der Waals surface area (Å²) in [7, 11) is 0. The van der Waals surface area contributed by atoms with E-state index in [1.165, 1.54) is 0 Å². The Morgan fingerprint density at radius 3 is 2.89 bits per heavy atom. The summed E-state index contributed by atoms with van der Waals surface area (Å²) in [6, 6.07) is 3.58. The topological polar surface area (TPSA) is 79.5 Å². The number of unbranched alkanes of at least 4 members (excludes halogenated alkanes) is 1. The van der Waals surface area contributed by atoms with Crippen LogP contribution in [0.5, 0.6) is 0 Å². The number of carbonyl (C=O) groups is 1. The minimum Gasteiger partial charge on any atom is -0.389 e. The Bertz CT molecular complexity index is 394. The number of aliphatic hydroxyl groups is 1. The van der Waals surface area contributed by atoms with Gasteiger partial charge >= 0.3 is 0 Å². The standard InChI is InChI=1S/C13H21N3O2/c1-3-4-8-16(9-12(14)18)13-11(10(2)17)6-5-7-15-13/h5-7,10,17H,3-4,8-9H2,1-2H3,(H2,14,18). The second-order valence-corrected chi connectivity index (χ2v) is 4.33. The van der Waals surface area contributed by atoms with Crippen LogP contribution in [-0.2, 0) is 4.79 Å². The van der Waals surface area contributed by atoms with Crippen LogP contribution in [0.15, 0.2) is 18.3 Å². The summed E-state index contributed by atoms with van der Waals surface area (Å²) in [5.41, 5.74) is 5.98. The molecule has 5 heteroatoms. The molecule has 0 aliphatic rings. The molecule has 1 unspecified atom stereocenters. The van der Waals surface area contributed by atoms with Gasteiger partial charge in [0.1, 0.15) is 5.82 Å². The molecule has 3 N–H and O–H groups in total. The van der Waals surface area contributed by atoms with Crippen molar-refractivity contribution < 1.29 is 9.90 Å². The van der Waals surface area contributed by atoms with E-state index >= 15 is 0 Å². The zero-order valence-corrected chi connectivity index (χ0v) is 11.0. The van der Waals surface area contributed by atoms with Crippen LogP contribution < -0.4 is 10.6 Å². The molecular formula is C13H21N3O2. The summed E-state index contributed by atoms with van der Waals surface area (Å²) < 4.78 is 0. The van der Waals surface area contributed by atoms with Crippen LogP contribution in [0.4, 0.5) is 5.82 Å². The van der Waals surface area contributed by atoms with Gasteiger partial charge in [-0.2, -0.15) is 0 Å². The van der Waals surface area contributed by atoms with Crippen LogP contribution >= 0.6 is 0 Å². The SMILES string of the molecule is CCCCN(CC(N)=O)c1ncccc1C(C)O. The van der Waals surface area contributed by atoms with Crippen molar-refractivity contribution >= 4 is 11.7 Å². The van der Waals surface area contributed by atoms with Gasteiger partial charge in [-0.15, -0.1) is 0 Å². The van der Waals surface area contributed by atoms with Crippen molar-refractivity contribution in [1.82, 2.24) is 4.98 Å². The molecule has 0 radical (unpaired) electrons. The molecular weight excluding hydrogens is 230 g/mol. The van der Waals surface area contributed by atoms with E-state index in [9.17, 15) is 9.90 Å². The lowest BCUT2D eigenvalue weighted by Crippen LogP contribution is -2.35. The Morgan fingerprint density at radius 1 is 1.61 bits per heavy atom. The first-order valence-corrected chi connectivity index (χ1v) is 6.22. The molecule has 5 nitrogen and oxygen atoms in total.